The monoisotopic (exact) mass is 1290 g/mol. The number of thioether (sulfide) groups is 2. The third kappa shape index (κ3) is 15.1. The number of carbonyl (C=O) groups excluding carboxylic acids is 5. The zero-order chi connectivity index (χ0) is 61.8. The topological polar surface area (TPSA) is 206 Å². The number of hydrogen-bond acceptors (Lipinski definition) is 16. The van der Waals surface area contributed by atoms with Gasteiger partial charge in [-0.2, -0.15) is 13.2 Å². The molecule has 0 aromatic heterocycles. The van der Waals surface area contributed by atoms with E-state index in [-0.39, 0.29) is 34.9 Å². The van der Waals surface area contributed by atoms with Crippen molar-refractivity contribution in [2.75, 3.05) is 93.7 Å². The first-order chi connectivity index (χ1) is 41.4. The summed E-state index contributed by atoms with van der Waals surface area (Å²) >= 11 is 9.05. The Morgan fingerprint density at radius 3 is 2.13 bits per heavy atom. The number of alkyl halides is 3. The smallest absolute Gasteiger partial charge is 0.380 e. The van der Waals surface area contributed by atoms with Gasteiger partial charge in [0.25, 0.3) is 37.6 Å². The van der Waals surface area contributed by atoms with E-state index in [0.717, 1.165) is 66.5 Å². The molecule has 0 radical (unpaired) electrons. The van der Waals surface area contributed by atoms with Crippen LogP contribution in [0.3, 0.4) is 0 Å². The van der Waals surface area contributed by atoms with Gasteiger partial charge in [-0.25, -0.2) is 21.6 Å². The van der Waals surface area contributed by atoms with Gasteiger partial charge in [0.1, 0.15) is 10.9 Å². The predicted molar refractivity (Wildman–Crippen MR) is 331 cm³/mol. The van der Waals surface area contributed by atoms with Gasteiger partial charge in [-0.15, -0.1) is 23.5 Å². The largest absolute Gasteiger partial charge is 0.501 e. The molecule has 3 saturated heterocycles. The fourth-order valence-electron chi connectivity index (χ4n) is 11.8. The molecule has 0 saturated carbocycles. The number of nitrogens with zero attached hydrogens (tertiary/aromatic N) is 5. The minimum absolute atomic E-state index is 0.0159. The summed E-state index contributed by atoms with van der Waals surface area (Å²) < 4.78 is 99.8. The second-order valence-electron chi connectivity index (χ2n) is 23.2. The van der Waals surface area contributed by atoms with Crippen LogP contribution >= 0.6 is 35.1 Å². The van der Waals surface area contributed by atoms with E-state index in [1.54, 1.807) is 30.3 Å². The Morgan fingerprint density at radius 2 is 1.45 bits per heavy atom. The van der Waals surface area contributed by atoms with Gasteiger partial charge in [-0.05, 0) is 128 Å². The van der Waals surface area contributed by atoms with Crippen molar-refractivity contribution in [3.63, 3.8) is 0 Å². The summed E-state index contributed by atoms with van der Waals surface area (Å²) in [5.74, 6) is -2.47. The molecule has 87 heavy (non-hydrogen) atoms. The molecule has 5 amide bonds. The van der Waals surface area contributed by atoms with Crippen LogP contribution < -0.4 is 20.3 Å². The number of piperazine rings is 2. The van der Waals surface area contributed by atoms with Crippen molar-refractivity contribution in [1.82, 2.24) is 29.6 Å². The summed E-state index contributed by atoms with van der Waals surface area (Å²) in [6.45, 7) is 12.2. The average molecular weight is 1290 g/mol. The van der Waals surface area contributed by atoms with E-state index in [2.05, 4.69) is 56.2 Å². The number of piperidine rings is 1. The number of benzene rings is 5. The lowest BCUT2D eigenvalue weighted by Crippen LogP contribution is -2.54. The number of halogens is 4. The predicted octanol–water partition coefficient (Wildman–Crippen LogP) is 9.31. The third-order valence-corrected chi connectivity index (χ3v) is 22.0. The molecule has 25 heteroatoms. The highest BCUT2D eigenvalue weighted by molar-refractivity contribution is 7.99. The van der Waals surface area contributed by atoms with Gasteiger partial charge < -0.3 is 15.1 Å². The number of fused-ring (bicyclic) bond motifs is 1. The number of sulfone groups is 1. The van der Waals surface area contributed by atoms with Gasteiger partial charge in [0, 0.05) is 122 Å². The number of imide groups is 2. The molecule has 3 N–H and O–H groups in total. The minimum atomic E-state index is -6.15. The van der Waals surface area contributed by atoms with Crippen molar-refractivity contribution < 1.29 is 54.0 Å². The Bertz CT molecular complexity index is 3680. The lowest BCUT2D eigenvalue weighted by Gasteiger charge is -2.39. The number of rotatable bonds is 21. The van der Waals surface area contributed by atoms with E-state index in [1.165, 1.54) is 52.4 Å². The van der Waals surface area contributed by atoms with Crippen molar-refractivity contribution in [3.8, 4) is 0 Å². The molecule has 462 valence electrons. The summed E-state index contributed by atoms with van der Waals surface area (Å²) in [6, 6.07) is 29.4. The van der Waals surface area contributed by atoms with Crippen LogP contribution in [0.5, 0.6) is 0 Å². The maximum absolute atomic E-state index is 14.5. The molecular weight excluding hydrogens is 1220 g/mol. The van der Waals surface area contributed by atoms with E-state index in [4.69, 9.17) is 11.6 Å². The molecule has 17 nitrogen and oxygen atoms in total. The number of hydrogen-bond donors (Lipinski definition) is 3. The van der Waals surface area contributed by atoms with Crippen LogP contribution in [-0.2, 0) is 29.4 Å². The van der Waals surface area contributed by atoms with Crippen molar-refractivity contribution in [1.29, 1.82) is 0 Å². The van der Waals surface area contributed by atoms with Gasteiger partial charge in [-0.3, -0.25) is 44.0 Å². The number of allylic oxidation sites excluding steroid dienone is 1. The normalized spacial score (nSPS) is 19.5. The maximum atomic E-state index is 14.5. The SMILES string of the molecule is CC1(C)CCC(c2ccc(Cl)cc2)=C(CN2CCN(c3ccc(C(=O)NS(=O)(=O)c4ccc(N[C@H](CCN5CCN(CCSc6cccc7c6C(=O)N(C6CCC(=O)NC6=O)C7=O)CC5)CSc5ccccc5)c(S(=O)(=O)C(F)(F)F)c4)cc3)CC2)C1. The molecule has 0 spiro atoms. The second-order valence-corrected chi connectivity index (χ2v) is 29.5. The number of carbonyl (C=O) groups is 5. The van der Waals surface area contributed by atoms with Gasteiger partial charge in [0.15, 0.2) is 0 Å². The fourth-order valence-corrected chi connectivity index (χ4v) is 16.0. The van der Waals surface area contributed by atoms with E-state index >= 15 is 0 Å². The number of sulfonamides is 1. The first-order valence-corrected chi connectivity index (χ1v) is 34.2. The molecule has 3 fully saturated rings. The molecule has 0 bridgehead atoms. The Balaban J connectivity index is 0.753. The Morgan fingerprint density at radius 1 is 0.770 bits per heavy atom. The zero-order valence-electron chi connectivity index (χ0n) is 48.1. The molecule has 4 heterocycles. The minimum Gasteiger partial charge on any atom is -0.380 e. The second kappa shape index (κ2) is 26.8. The quantitative estimate of drug-likeness (QED) is 0.0462. The number of anilines is 2. The van der Waals surface area contributed by atoms with Crippen molar-refractivity contribution in [2.45, 2.75) is 89.5 Å². The van der Waals surface area contributed by atoms with E-state index in [0.29, 0.717) is 86.3 Å². The fraction of sp³-hybridized carbons (Fsp3) is 0.403. The number of nitrogens with one attached hydrogen (secondary N) is 3. The highest BCUT2D eigenvalue weighted by atomic mass is 35.5. The maximum Gasteiger partial charge on any atom is 0.501 e. The van der Waals surface area contributed by atoms with Crippen LogP contribution in [0.2, 0.25) is 5.02 Å². The molecule has 5 aromatic rings. The van der Waals surface area contributed by atoms with Crippen LogP contribution in [0.15, 0.2) is 140 Å². The van der Waals surface area contributed by atoms with E-state index in [9.17, 15) is 54.0 Å². The Hall–Kier alpha value is -6.25. The lowest BCUT2D eigenvalue weighted by molar-refractivity contribution is -0.136. The van der Waals surface area contributed by atoms with E-state index in [1.807, 2.05) is 47.2 Å². The van der Waals surface area contributed by atoms with Crippen molar-refractivity contribution in [3.05, 3.63) is 148 Å². The summed E-state index contributed by atoms with van der Waals surface area (Å²) in [4.78, 5) is 74.2. The third-order valence-electron chi connectivity index (χ3n) is 16.6. The number of amides is 5. The molecule has 2 atom stereocenters. The molecule has 5 aromatic carbocycles. The molecule has 5 aliphatic rings. The highest BCUT2D eigenvalue weighted by Gasteiger charge is 2.49. The standard InChI is InChI=1S/C62H68ClF3N8O9S4/c1-61(2)25-23-49(41-11-15-44(63)16-12-41)43(38-61)39-72-31-33-73(34-32-72)46-17-13-42(14-18-46)57(76)69-87(82,83)48-19-20-51(54(37-48)86(80,81)62(64,65)66)67-45(40-85-47-7-4-3-5-8-47)24-26-70-27-29-71(30-28-70)35-36-84-53-10-6-9-50-56(53)60(79)74(59(50)78)52-21-22-55(75)68-58(52)77/h3-20,37,45,52,67H,21-36,38-40H2,1-2H3,(H,69,76)(H,68,75,77)/t45-,52?/m1/s1. The summed E-state index contributed by atoms with van der Waals surface area (Å²) in [7, 11) is -11.1. The van der Waals surface area contributed by atoms with Gasteiger partial charge >= 0.3 is 5.51 Å². The van der Waals surface area contributed by atoms with Crippen molar-refractivity contribution >= 4 is 101 Å². The average Bonchev–Trinajstić information content (AvgIpc) is 2.80. The summed E-state index contributed by atoms with van der Waals surface area (Å²) in [5, 5.41) is 5.94. The van der Waals surface area contributed by atoms with Crippen LogP contribution in [0.4, 0.5) is 24.5 Å². The first kappa shape index (κ1) is 63.8. The van der Waals surface area contributed by atoms with Crippen LogP contribution in [-0.4, -0.2) is 167 Å². The Kier molecular flexibility index (Phi) is 19.7. The Labute approximate surface area is 518 Å². The summed E-state index contributed by atoms with van der Waals surface area (Å²) in [5.41, 5.74) is -0.819. The van der Waals surface area contributed by atoms with Crippen LogP contribution in [0, 0.1) is 5.41 Å². The zero-order valence-corrected chi connectivity index (χ0v) is 52.1. The van der Waals surface area contributed by atoms with Gasteiger partial charge in [-0.1, -0.05) is 67.4 Å². The molecule has 10 rings (SSSR count). The molecule has 4 aliphatic heterocycles. The highest BCUT2D eigenvalue weighted by Crippen LogP contribution is 2.43. The van der Waals surface area contributed by atoms with Crippen molar-refractivity contribution in [2.24, 2.45) is 5.41 Å². The van der Waals surface area contributed by atoms with Crippen LogP contribution in [0.25, 0.3) is 5.57 Å². The van der Waals surface area contributed by atoms with Gasteiger partial charge in [0.2, 0.25) is 11.8 Å². The summed E-state index contributed by atoms with van der Waals surface area (Å²) in [6.07, 6.45) is 3.53. The molecular formula is C62H68ClF3N8O9S4. The van der Waals surface area contributed by atoms with E-state index < -0.39 is 82.5 Å². The van der Waals surface area contributed by atoms with Gasteiger partial charge in [0.05, 0.1) is 21.7 Å². The molecule has 1 aliphatic carbocycles. The van der Waals surface area contributed by atoms with Crippen LogP contribution in [0.1, 0.15) is 89.0 Å². The first-order valence-electron chi connectivity index (χ1n) is 28.9. The molecule has 1 unspecified atom stereocenters. The lowest BCUT2D eigenvalue weighted by atomic mass is 9.73.